The first-order valence-electron chi connectivity index (χ1n) is 10.7. The van der Waals surface area contributed by atoms with Gasteiger partial charge in [-0.3, -0.25) is 9.69 Å². The van der Waals surface area contributed by atoms with E-state index >= 15 is 0 Å². The molecule has 2 N–H and O–H groups in total. The van der Waals surface area contributed by atoms with Crippen molar-refractivity contribution in [2.45, 2.75) is 13.5 Å². The fraction of sp³-hybridized carbons (Fsp3) is 0.636. The van der Waals surface area contributed by atoms with E-state index in [0.29, 0.717) is 25.7 Å². The van der Waals surface area contributed by atoms with Crippen molar-refractivity contribution < 1.29 is 19.0 Å². The van der Waals surface area contributed by atoms with Crippen molar-refractivity contribution in [1.82, 2.24) is 20.4 Å². The molecule has 1 amide bonds. The molecule has 0 spiro atoms. The Bertz CT molecular complexity index is 712. The Morgan fingerprint density at radius 1 is 1.22 bits per heavy atom. The van der Waals surface area contributed by atoms with Crippen molar-refractivity contribution in [1.29, 1.82) is 0 Å². The number of amides is 1. The zero-order valence-electron chi connectivity index (χ0n) is 19.7. The summed E-state index contributed by atoms with van der Waals surface area (Å²) in [6.45, 7) is 8.70. The molecular weight excluding hydrogens is 525 g/mol. The second-order valence-corrected chi connectivity index (χ2v) is 7.64. The number of halogens is 1. The molecule has 2 rings (SSSR count). The monoisotopic (exact) mass is 563 g/mol. The minimum Gasteiger partial charge on any atom is -0.491 e. The number of methoxy groups -OCH3 is 1. The Labute approximate surface area is 208 Å². The molecule has 9 nitrogen and oxygen atoms in total. The topological polar surface area (TPSA) is 87.7 Å². The van der Waals surface area contributed by atoms with Crippen LogP contribution >= 0.6 is 24.0 Å². The molecule has 1 heterocycles. The molecule has 10 heteroatoms. The summed E-state index contributed by atoms with van der Waals surface area (Å²) >= 11 is 0. The van der Waals surface area contributed by atoms with E-state index in [9.17, 15) is 4.79 Å². The predicted octanol–water partition coefficient (Wildman–Crippen LogP) is 1.09. The fourth-order valence-electron chi connectivity index (χ4n) is 2.97. The minimum absolute atomic E-state index is 0. The van der Waals surface area contributed by atoms with Crippen LogP contribution in [-0.4, -0.2) is 102 Å². The van der Waals surface area contributed by atoms with E-state index in [2.05, 4.69) is 15.5 Å². The SMILES string of the molecule is COCCOc1cc(C)ccc1CN=C(NCCN1CCOCC1)NCC(=O)N(C)C.I. The third kappa shape index (κ3) is 10.8. The van der Waals surface area contributed by atoms with Crippen LogP contribution in [0.4, 0.5) is 0 Å². The van der Waals surface area contributed by atoms with Crippen molar-refractivity contribution in [3.8, 4) is 5.75 Å². The molecule has 1 aliphatic rings. The average molecular weight is 563 g/mol. The third-order valence-corrected chi connectivity index (χ3v) is 4.91. The van der Waals surface area contributed by atoms with Gasteiger partial charge in [0.05, 0.1) is 32.9 Å². The number of nitrogens with zero attached hydrogens (tertiary/aromatic N) is 3. The molecule has 0 unspecified atom stereocenters. The number of aryl methyl sites for hydroxylation is 1. The lowest BCUT2D eigenvalue weighted by Gasteiger charge is -2.26. The Balaban J connectivity index is 0.00000512. The van der Waals surface area contributed by atoms with Crippen LogP contribution < -0.4 is 15.4 Å². The predicted molar refractivity (Wildman–Crippen MR) is 137 cm³/mol. The van der Waals surface area contributed by atoms with Crippen molar-refractivity contribution in [2.75, 3.05) is 80.4 Å². The molecule has 0 bridgehead atoms. The Kier molecular flexibility index (Phi) is 14.3. The number of aliphatic imine (C=N–C) groups is 1. The van der Waals surface area contributed by atoms with E-state index in [4.69, 9.17) is 19.2 Å². The van der Waals surface area contributed by atoms with Crippen molar-refractivity contribution >= 4 is 35.8 Å². The maximum atomic E-state index is 12.0. The summed E-state index contributed by atoms with van der Waals surface area (Å²) in [6, 6.07) is 6.08. The minimum atomic E-state index is -0.0124. The number of guanidine groups is 1. The largest absolute Gasteiger partial charge is 0.491 e. The van der Waals surface area contributed by atoms with Crippen LogP contribution in [0.25, 0.3) is 0 Å². The van der Waals surface area contributed by atoms with Gasteiger partial charge in [0.25, 0.3) is 0 Å². The van der Waals surface area contributed by atoms with Gasteiger partial charge in [-0.15, -0.1) is 24.0 Å². The quantitative estimate of drug-likeness (QED) is 0.181. The summed E-state index contributed by atoms with van der Waals surface area (Å²) in [5.74, 6) is 1.39. The second-order valence-electron chi connectivity index (χ2n) is 7.64. The number of ether oxygens (including phenoxy) is 3. The number of carbonyl (C=O) groups excluding carboxylic acids is 1. The maximum absolute atomic E-state index is 12.0. The number of morpholine rings is 1. The molecule has 182 valence electrons. The van der Waals surface area contributed by atoms with E-state index in [1.54, 1.807) is 26.1 Å². The lowest BCUT2D eigenvalue weighted by atomic mass is 10.1. The number of likely N-dealkylation sites (N-methyl/N-ethyl adjacent to an activating group) is 1. The van der Waals surface area contributed by atoms with E-state index < -0.39 is 0 Å². The van der Waals surface area contributed by atoms with E-state index in [1.807, 2.05) is 25.1 Å². The molecule has 1 aromatic carbocycles. The first kappa shape index (κ1) is 28.4. The lowest BCUT2D eigenvalue weighted by molar-refractivity contribution is -0.127. The number of nitrogens with one attached hydrogen (secondary N) is 2. The smallest absolute Gasteiger partial charge is 0.241 e. The molecular formula is C22H38IN5O4. The van der Waals surface area contributed by atoms with Crippen LogP contribution in [0.5, 0.6) is 5.75 Å². The highest BCUT2D eigenvalue weighted by molar-refractivity contribution is 14.0. The molecule has 1 fully saturated rings. The fourth-order valence-corrected chi connectivity index (χ4v) is 2.97. The van der Waals surface area contributed by atoms with Crippen LogP contribution in [-0.2, 0) is 20.8 Å². The zero-order chi connectivity index (χ0) is 22.5. The van der Waals surface area contributed by atoms with Gasteiger partial charge in [0.15, 0.2) is 5.96 Å². The van der Waals surface area contributed by atoms with Gasteiger partial charge in [0, 0.05) is 52.9 Å². The molecule has 1 aliphatic heterocycles. The summed E-state index contributed by atoms with van der Waals surface area (Å²) in [5, 5.41) is 6.48. The first-order valence-corrected chi connectivity index (χ1v) is 10.7. The van der Waals surface area contributed by atoms with Crippen LogP contribution in [0.2, 0.25) is 0 Å². The van der Waals surface area contributed by atoms with Crippen LogP contribution in [0.3, 0.4) is 0 Å². The van der Waals surface area contributed by atoms with Gasteiger partial charge in [-0.2, -0.15) is 0 Å². The number of hydrogen-bond donors (Lipinski definition) is 2. The van der Waals surface area contributed by atoms with E-state index in [0.717, 1.165) is 56.3 Å². The summed E-state index contributed by atoms with van der Waals surface area (Å²) in [5.41, 5.74) is 2.11. The molecule has 32 heavy (non-hydrogen) atoms. The van der Waals surface area contributed by atoms with Crippen molar-refractivity contribution in [3.63, 3.8) is 0 Å². The lowest BCUT2D eigenvalue weighted by Crippen LogP contribution is -2.46. The molecule has 1 aromatic rings. The van der Waals surface area contributed by atoms with E-state index in [1.165, 1.54) is 0 Å². The van der Waals surface area contributed by atoms with Crippen molar-refractivity contribution in [3.05, 3.63) is 29.3 Å². The molecule has 0 atom stereocenters. The van der Waals surface area contributed by atoms with Crippen LogP contribution in [0.1, 0.15) is 11.1 Å². The van der Waals surface area contributed by atoms with Gasteiger partial charge in [-0.25, -0.2) is 4.99 Å². The summed E-state index contributed by atoms with van der Waals surface area (Å²) in [4.78, 5) is 20.6. The van der Waals surface area contributed by atoms with Crippen LogP contribution in [0, 0.1) is 6.92 Å². The highest BCUT2D eigenvalue weighted by atomic mass is 127. The Hall–Kier alpha value is -1.63. The molecule has 1 saturated heterocycles. The Morgan fingerprint density at radius 2 is 1.97 bits per heavy atom. The zero-order valence-corrected chi connectivity index (χ0v) is 22.0. The average Bonchev–Trinajstić information content (AvgIpc) is 2.76. The van der Waals surface area contributed by atoms with Crippen LogP contribution in [0.15, 0.2) is 23.2 Å². The number of benzene rings is 1. The van der Waals surface area contributed by atoms with Gasteiger partial charge >= 0.3 is 0 Å². The van der Waals surface area contributed by atoms with Gasteiger partial charge in [-0.1, -0.05) is 12.1 Å². The Morgan fingerprint density at radius 3 is 2.66 bits per heavy atom. The summed E-state index contributed by atoms with van der Waals surface area (Å²) in [7, 11) is 5.13. The number of hydrogen-bond acceptors (Lipinski definition) is 6. The number of carbonyl (C=O) groups is 1. The number of rotatable bonds is 11. The highest BCUT2D eigenvalue weighted by Gasteiger charge is 2.11. The summed E-state index contributed by atoms with van der Waals surface area (Å²) < 4.78 is 16.3. The summed E-state index contributed by atoms with van der Waals surface area (Å²) in [6.07, 6.45) is 0. The third-order valence-electron chi connectivity index (χ3n) is 4.91. The van der Waals surface area contributed by atoms with Gasteiger partial charge in [-0.05, 0) is 18.6 Å². The standard InChI is InChI=1S/C22H37N5O4.HI/c1-18-5-6-19(20(15-18)31-14-13-29-4)16-24-22(25-17-21(28)26(2)3)23-7-8-27-9-11-30-12-10-27;/h5-6,15H,7-14,16-17H2,1-4H3,(H2,23,24,25);1H. The molecule has 0 aromatic heterocycles. The van der Waals surface area contributed by atoms with E-state index in [-0.39, 0.29) is 36.4 Å². The molecule has 0 aliphatic carbocycles. The van der Waals surface area contributed by atoms with Gasteiger partial charge in [0.2, 0.25) is 5.91 Å². The van der Waals surface area contributed by atoms with Gasteiger partial charge in [0.1, 0.15) is 12.4 Å². The first-order chi connectivity index (χ1) is 15.0. The molecule has 0 saturated carbocycles. The highest BCUT2D eigenvalue weighted by Crippen LogP contribution is 2.21. The van der Waals surface area contributed by atoms with Gasteiger partial charge < -0.3 is 29.7 Å². The molecule has 0 radical (unpaired) electrons. The maximum Gasteiger partial charge on any atom is 0.241 e. The second kappa shape index (κ2) is 16.1. The van der Waals surface area contributed by atoms with Crippen molar-refractivity contribution in [2.24, 2.45) is 4.99 Å². The normalized spacial score (nSPS) is 14.4.